The quantitative estimate of drug-likeness (QED) is 0.393. The van der Waals surface area contributed by atoms with Crippen molar-refractivity contribution in [1.82, 2.24) is 0 Å². The van der Waals surface area contributed by atoms with Gasteiger partial charge in [0.2, 0.25) is 0 Å². The van der Waals surface area contributed by atoms with Crippen LogP contribution in [-0.2, 0) is 16.2 Å². The molecule has 0 radical (unpaired) electrons. The van der Waals surface area contributed by atoms with Gasteiger partial charge >= 0.3 is 0 Å². The van der Waals surface area contributed by atoms with E-state index in [1.54, 1.807) is 0 Å². The van der Waals surface area contributed by atoms with Gasteiger partial charge in [0, 0.05) is 0 Å². The maximum atomic E-state index is 2.41. The third-order valence-corrected chi connectivity index (χ3v) is 6.35. The lowest BCUT2D eigenvalue weighted by atomic mass is 9.79. The van der Waals surface area contributed by atoms with Crippen LogP contribution < -0.4 is 0 Å². The second kappa shape index (κ2) is 7.97. The van der Waals surface area contributed by atoms with Gasteiger partial charge in [-0.15, -0.1) is 0 Å². The lowest BCUT2D eigenvalue weighted by Gasteiger charge is -2.25. The highest BCUT2D eigenvalue weighted by Gasteiger charge is 2.21. The maximum Gasteiger partial charge on any atom is -0.0131 e. The summed E-state index contributed by atoms with van der Waals surface area (Å²) in [5, 5.41) is 0. The van der Waals surface area contributed by atoms with Crippen molar-refractivity contribution in [2.75, 3.05) is 0 Å². The summed E-state index contributed by atoms with van der Waals surface area (Å²) in [5.74, 6) is 0. The summed E-state index contributed by atoms with van der Waals surface area (Å²) in [6, 6.07) is 23.0. The summed E-state index contributed by atoms with van der Waals surface area (Å²) < 4.78 is 0. The molecule has 0 unspecified atom stereocenters. The van der Waals surface area contributed by atoms with Gasteiger partial charge in [-0.25, -0.2) is 0 Å². The van der Waals surface area contributed by atoms with Gasteiger partial charge in [-0.3, -0.25) is 0 Å². The first kappa shape index (κ1) is 23.3. The Hall–Kier alpha value is -2.34. The van der Waals surface area contributed by atoms with E-state index < -0.39 is 0 Å². The number of rotatable bonds is 2. The smallest absolute Gasteiger partial charge is 0.0131 e. The predicted octanol–water partition coefficient (Wildman–Crippen LogP) is 9.22. The molecule has 0 amide bonds. The first-order valence-corrected chi connectivity index (χ1v) is 11.5. The Morgan fingerprint density at radius 3 is 1.13 bits per heavy atom. The normalized spacial score (nSPS) is 12.8. The monoisotopic (exact) mass is 412 g/mol. The zero-order valence-corrected chi connectivity index (χ0v) is 21.3. The topological polar surface area (TPSA) is 0 Å². The van der Waals surface area contributed by atoms with Crippen LogP contribution in [0.15, 0.2) is 60.7 Å². The van der Waals surface area contributed by atoms with Gasteiger partial charge in [-0.2, -0.15) is 0 Å². The van der Waals surface area contributed by atoms with Crippen molar-refractivity contribution < 1.29 is 0 Å². The van der Waals surface area contributed by atoms with Gasteiger partial charge in [0.15, 0.2) is 0 Å². The first-order valence-electron chi connectivity index (χ1n) is 11.5. The van der Waals surface area contributed by atoms with E-state index >= 15 is 0 Å². The highest BCUT2D eigenvalue weighted by Crippen LogP contribution is 2.39. The van der Waals surface area contributed by atoms with Crippen molar-refractivity contribution in [2.45, 2.75) is 85.5 Å². The van der Waals surface area contributed by atoms with E-state index in [2.05, 4.69) is 130 Å². The molecular formula is C31H40. The molecule has 0 nitrogen and oxygen atoms in total. The molecule has 0 aliphatic rings. The predicted molar refractivity (Wildman–Crippen MR) is 138 cm³/mol. The zero-order chi connectivity index (χ0) is 23.2. The molecule has 3 rings (SSSR count). The van der Waals surface area contributed by atoms with Crippen molar-refractivity contribution >= 4 is 0 Å². The molecular weight excluding hydrogens is 372 g/mol. The molecule has 0 N–H and O–H groups in total. The highest BCUT2D eigenvalue weighted by atomic mass is 14.3. The van der Waals surface area contributed by atoms with E-state index in [1.807, 2.05) is 0 Å². The molecule has 0 aliphatic heterocycles. The van der Waals surface area contributed by atoms with Crippen molar-refractivity contribution in [3.8, 4) is 22.3 Å². The molecule has 0 saturated heterocycles. The highest BCUT2D eigenvalue weighted by molar-refractivity contribution is 5.80. The van der Waals surface area contributed by atoms with Gasteiger partial charge < -0.3 is 0 Å². The second-order valence-corrected chi connectivity index (χ2v) is 12.1. The van der Waals surface area contributed by atoms with E-state index in [-0.39, 0.29) is 16.2 Å². The van der Waals surface area contributed by atoms with Crippen molar-refractivity contribution in [2.24, 2.45) is 0 Å². The second-order valence-electron chi connectivity index (χ2n) is 12.1. The van der Waals surface area contributed by atoms with Gasteiger partial charge in [-0.05, 0) is 67.7 Å². The molecule has 0 saturated carbocycles. The minimum atomic E-state index is 0.0838. The molecule has 0 atom stereocenters. The van der Waals surface area contributed by atoms with Crippen molar-refractivity contribution in [1.29, 1.82) is 0 Å². The molecule has 0 fully saturated rings. The van der Waals surface area contributed by atoms with Crippen molar-refractivity contribution in [3.63, 3.8) is 0 Å². The SMILES string of the molecule is Cc1c(-c2cccc(C(C)(C)C)c2)cc(C(C)(C)C)cc1-c1cccc(C(C)(C)C)c1. The van der Waals surface area contributed by atoms with Crippen LogP contribution in [0, 0.1) is 6.92 Å². The van der Waals surface area contributed by atoms with Crippen LogP contribution in [-0.4, -0.2) is 0 Å². The van der Waals surface area contributed by atoms with Gasteiger partial charge in [0.1, 0.15) is 0 Å². The fourth-order valence-electron chi connectivity index (χ4n) is 4.05. The molecule has 0 heterocycles. The van der Waals surface area contributed by atoms with Crippen LogP contribution in [0.5, 0.6) is 0 Å². The maximum absolute atomic E-state index is 2.41. The van der Waals surface area contributed by atoms with Crippen LogP contribution in [0.3, 0.4) is 0 Å². The standard InChI is InChI=1S/C31H40/c1-21-27(22-13-11-15-24(17-22)29(2,3)4)19-26(31(8,9)10)20-28(21)23-14-12-16-25(18-23)30(5,6)7/h11-20H,1-10H3. The zero-order valence-electron chi connectivity index (χ0n) is 21.3. The molecule has 3 aromatic rings. The van der Waals surface area contributed by atoms with E-state index in [0.29, 0.717) is 0 Å². The molecule has 164 valence electrons. The van der Waals surface area contributed by atoms with E-state index in [0.717, 1.165) is 0 Å². The van der Waals surface area contributed by atoms with Crippen LogP contribution in [0.1, 0.15) is 84.6 Å². The van der Waals surface area contributed by atoms with E-state index in [9.17, 15) is 0 Å². The number of hydrogen-bond donors (Lipinski definition) is 0. The van der Waals surface area contributed by atoms with Crippen LogP contribution in [0.2, 0.25) is 0 Å². The summed E-state index contributed by atoms with van der Waals surface area (Å²) in [5.41, 5.74) is 11.1. The summed E-state index contributed by atoms with van der Waals surface area (Å²) in [4.78, 5) is 0. The van der Waals surface area contributed by atoms with E-state index in [1.165, 1.54) is 44.5 Å². The van der Waals surface area contributed by atoms with Crippen LogP contribution in [0.4, 0.5) is 0 Å². The minimum absolute atomic E-state index is 0.0838. The third-order valence-electron chi connectivity index (χ3n) is 6.35. The summed E-state index contributed by atoms with van der Waals surface area (Å²) in [7, 11) is 0. The Balaban J connectivity index is 2.29. The lowest BCUT2D eigenvalue weighted by molar-refractivity contribution is 0.589. The first-order chi connectivity index (χ1) is 14.2. The number of benzene rings is 3. The average molecular weight is 413 g/mol. The fourth-order valence-corrected chi connectivity index (χ4v) is 4.05. The Labute approximate surface area is 190 Å². The minimum Gasteiger partial charge on any atom is -0.0614 e. The lowest BCUT2D eigenvalue weighted by Crippen LogP contribution is -2.13. The average Bonchev–Trinajstić information content (AvgIpc) is 2.66. The molecule has 0 aromatic heterocycles. The Morgan fingerprint density at radius 2 is 0.806 bits per heavy atom. The Morgan fingerprint density at radius 1 is 0.452 bits per heavy atom. The molecule has 3 aromatic carbocycles. The third kappa shape index (κ3) is 5.12. The Bertz CT molecular complexity index is 997. The van der Waals surface area contributed by atoms with E-state index in [4.69, 9.17) is 0 Å². The molecule has 0 heteroatoms. The summed E-state index contributed by atoms with van der Waals surface area (Å²) in [6.45, 7) is 22.9. The van der Waals surface area contributed by atoms with Gasteiger partial charge in [0.25, 0.3) is 0 Å². The van der Waals surface area contributed by atoms with Gasteiger partial charge in [-0.1, -0.05) is 123 Å². The van der Waals surface area contributed by atoms with Crippen LogP contribution in [0.25, 0.3) is 22.3 Å². The molecule has 0 aliphatic carbocycles. The summed E-state index contributed by atoms with van der Waals surface area (Å²) >= 11 is 0. The number of hydrogen-bond acceptors (Lipinski definition) is 0. The molecule has 31 heavy (non-hydrogen) atoms. The Kier molecular flexibility index (Phi) is 6.00. The van der Waals surface area contributed by atoms with Gasteiger partial charge in [0.05, 0.1) is 0 Å². The molecule has 0 bridgehead atoms. The van der Waals surface area contributed by atoms with Crippen molar-refractivity contribution in [3.05, 3.63) is 82.9 Å². The largest absolute Gasteiger partial charge is 0.0614 e. The van der Waals surface area contributed by atoms with Crippen LogP contribution >= 0.6 is 0 Å². The molecule has 0 spiro atoms. The summed E-state index contributed by atoms with van der Waals surface area (Å²) in [6.07, 6.45) is 0. The fraction of sp³-hybridized carbons (Fsp3) is 0.419.